The van der Waals surface area contributed by atoms with Crippen LogP contribution in [0.15, 0.2) is 12.1 Å². The molecule has 1 aromatic rings. The van der Waals surface area contributed by atoms with Crippen LogP contribution in [0.3, 0.4) is 0 Å². The smallest absolute Gasteiger partial charge is 0.327 e. The zero-order chi connectivity index (χ0) is 15.1. The third-order valence-electron chi connectivity index (χ3n) is 2.67. The highest BCUT2D eigenvalue weighted by molar-refractivity contribution is 6.33. The number of halogens is 1. The number of carbonyl (C=O) groups excluding carboxylic acids is 1. The summed E-state index contributed by atoms with van der Waals surface area (Å²) in [6, 6.07) is 2.55. The highest BCUT2D eigenvalue weighted by Crippen LogP contribution is 2.39. The van der Waals surface area contributed by atoms with Gasteiger partial charge in [0.15, 0.2) is 11.5 Å². The Balaban J connectivity index is 3.26. The quantitative estimate of drug-likeness (QED) is 0.641. The second-order valence-electron chi connectivity index (χ2n) is 3.75. The van der Waals surface area contributed by atoms with E-state index < -0.39 is 12.0 Å². The Morgan fingerprint density at radius 1 is 1.40 bits per heavy atom. The molecule has 1 aromatic carbocycles. The van der Waals surface area contributed by atoms with Gasteiger partial charge in [-0.1, -0.05) is 23.6 Å². The van der Waals surface area contributed by atoms with Crippen LogP contribution in [0.1, 0.15) is 11.6 Å². The molecule has 1 atom stereocenters. The van der Waals surface area contributed by atoms with E-state index in [4.69, 9.17) is 32.2 Å². The highest BCUT2D eigenvalue weighted by atomic mass is 35.5. The normalized spacial score (nSPS) is 11.3. The maximum atomic E-state index is 11.8. The standard InChI is InChI=1S/C14H16ClNO4/c1-5-8-16-12(14(17)20-4)9-6-7-10(18-2)13(19-3)11(9)15/h1,6-7,12,16H,8H2,2-4H3. The zero-order valence-corrected chi connectivity index (χ0v) is 12.3. The Morgan fingerprint density at radius 2 is 2.10 bits per heavy atom. The Bertz CT molecular complexity index is 525. The summed E-state index contributed by atoms with van der Waals surface area (Å²) < 4.78 is 15.1. The molecule has 0 heterocycles. The van der Waals surface area contributed by atoms with Crippen LogP contribution in [-0.2, 0) is 9.53 Å². The lowest BCUT2D eigenvalue weighted by Crippen LogP contribution is -2.30. The van der Waals surface area contributed by atoms with E-state index in [1.807, 2.05) is 0 Å². The number of carbonyl (C=O) groups is 1. The molecule has 0 bridgehead atoms. The molecule has 0 saturated carbocycles. The van der Waals surface area contributed by atoms with Gasteiger partial charge in [0.2, 0.25) is 0 Å². The maximum Gasteiger partial charge on any atom is 0.327 e. The minimum atomic E-state index is -0.775. The van der Waals surface area contributed by atoms with Crippen LogP contribution in [0.2, 0.25) is 5.02 Å². The van der Waals surface area contributed by atoms with Gasteiger partial charge in [-0.25, -0.2) is 4.79 Å². The van der Waals surface area contributed by atoms with Crippen molar-refractivity contribution in [1.29, 1.82) is 0 Å². The van der Waals surface area contributed by atoms with E-state index in [2.05, 4.69) is 11.2 Å². The van der Waals surface area contributed by atoms with Crippen LogP contribution in [0, 0.1) is 12.3 Å². The molecule has 0 spiro atoms. The molecule has 1 unspecified atom stereocenters. The van der Waals surface area contributed by atoms with Crippen molar-refractivity contribution in [2.45, 2.75) is 6.04 Å². The summed E-state index contributed by atoms with van der Waals surface area (Å²) in [5.74, 6) is 2.73. The molecule has 0 radical (unpaired) electrons. The molecule has 0 fully saturated rings. The van der Waals surface area contributed by atoms with Gasteiger partial charge in [0, 0.05) is 5.56 Å². The highest BCUT2D eigenvalue weighted by Gasteiger charge is 2.26. The Kier molecular flexibility index (Phi) is 6.16. The van der Waals surface area contributed by atoms with E-state index in [0.717, 1.165) is 0 Å². The molecule has 1 rings (SSSR count). The molecular weight excluding hydrogens is 282 g/mol. The van der Waals surface area contributed by atoms with E-state index in [1.54, 1.807) is 12.1 Å². The van der Waals surface area contributed by atoms with Crippen molar-refractivity contribution in [1.82, 2.24) is 5.32 Å². The van der Waals surface area contributed by atoms with Crippen LogP contribution in [-0.4, -0.2) is 33.8 Å². The van der Waals surface area contributed by atoms with Gasteiger partial charge in [-0.2, -0.15) is 0 Å². The van der Waals surface area contributed by atoms with Crippen LogP contribution >= 0.6 is 11.6 Å². The molecule has 0 saturated heterocycles. The van der Waals surface area contributed by atoms with Crippen molar-refractivity contribution in [3.63, 3.8) is 0 Å². The van der Waals surface area contributed by atoms with E-state index in [-0.39, 0.29) is 11.6 Å². The van der Waals surface area contributed by atoms with E-state index in [9.17, 15) is 4.79 Å². The molecule has 0 aromatic heterocycles. The van der Waals surface area contributed by atoms with Crippen LogP contribution in [0.4, 0.5) is 0 Å². The Labute approximate surface area is 123 Å². The molecule has 5 nitrogen and oxygen atoms in total. The fraction of sp³-hybridized carbons (Fsp3) is 0.357. The molecule has 0 aliphatic carbocycles. The minimum absolute atomic E-state index is 0.199. The lowest BCUT2D eigenvalue weighted by molar-refractivity contribution is -0.143. The molecule has 20 heavy (non-hydrogen) atoms. The van der Waals surface area contributed by atoms with Crippen LogP contribution < -0.4 is 14.8 Å². The van der Waals surface area contributed by atoms with Crippen molar-refractivity contribution >= 4 is 17.6 Å². The van der Waals surface area contributed by atoms with Crippen LogP contribution in [0.25, 0.3) is 0 Å². The second kappa shape index (κ2) is 7.63. The number of rotatable bonds is 6. The first kappa shape index (κ1) is 16.2. The predicted octanol–water partition coefficient (Wildman–Crippen LogP) is 1.79. The summed E-state index contributed by atoms with van der Waals surface area (Å²) in [6.45, 7) is 0.199. The summed E-state index contributed by atoms with van der Waals surface area (Å²) in [7, 11) is 4.26. The van der Waals surface area contributed by atoms with Gasteiger partial charge >= 0.3 is 5.97 Å². The fourth-order valence-corrected chi connectivity index (χ4v) is 2.07. The first-order valence-electron chi connectivity index (χ1n) is 5.75. The van der Waals surface area contributed by atoms with Gasteiger partial charge < -0.3 is 14.2 Å². The largest absolute Gasteiger partial charge is 0.493 e. The van der Waals surface area contributed by atoms with Crippen molar-refractivity contribution < 1.29 is 19.0 Å². The van der Waals surface area contributed by atoms with Gasteiger partial charge in [-0.15, -0.1) is 6.42 Å². The molecule has 6 heteroatoms. The molecule has 0 amide bonds. The number of terminal acetylenes is 1. The number of methoxy groups -OCH3 is 3. The molecular formula is C14H16ClNO4. The summed E-state index contributed by atoms with van der Waals surface area (Å²) >= 11 is 6.26. The number of ether oxygens (including phenoxy) is 3. The average Bonchev–Trinajstić information content (AvgIpc) is 2.47. The van der Waals surface area contributed by atoms with E-state index >= 15 is 0 Å². The number of hydrogen-bond acceptors (Lipinski definition) is 5. The monoisotopic (exact) mass is 297 g/mol. The van der Waals surface area contributed by atoms with Gasteiger partial charge in [-0.3, -0.25) is 5.32 Å². The SMILES string of the molecule is C#CCNC(C(=O)OC)c1ccc(OC)c(OC)c1Cl. The second-order valence-corrected chi connectivity index (χ2v) is 4.12. The lowest BCUT2D eigenvalue weighted by atomic mass is 10.1. The third kappa shape index (κ3) is 3.35. The van der Waals surface area contributed by atoms with Gasteiger partial charge in [0.25, 0.3) is 0 Å². The topological polar surface area (TPSA) is 56.8 Å². The van der Waals surface area contributed by atoms with Crippen LogP contribution in [0.5, 0.6) is 11.5 Å². The lowest BCUT2D eigenvalue weighted by Gasteiger charge is -2.19. The number of benzene rings is 1. The Morgan fingerprint density at radius 3 is 2.60 bits per heavy atom. The fourth-order valence-electron chi connectivity index (χ4n) is 1.73. The summed E-state index contributed by atoms with van der Waals surface area (Å²) in [5, 5.41) is 3.14. The van der Waals surface area contributed by atoms with Crippen molar-refractivity contribution in [3.05, 3.63) is 22.7 Å². The summed E-state index contributed by atoms with van der Waals surface area (Å²) in [4.78, 5) is 11.8. The first-order valence-corrected chi connectivity index (χ1v) is 6.13. The van der Waals surface area contributed by atoms with Crippen molar-refractivity contribution in [3.8, 4) is 23.8 Å². The Hall–Kier alpha value is -1.90. The van der Waals surface area contributed by atoms with Gasteiger partial charge in [0.05, 0.1) is 32.9 Å². The molecule has 0 aliphatic rings. The molecule has 108 valence electrons. The van der Waals surface area contributed by atoms with E-state index in [0.29, 0.717) is 17.1 Å². The molecule has 0 aliphatic heterocycles. The van der Waals surface area contributed by atoms with Gasteiger partial charge in [-0.05, 0) is 6.07 Å². The number of esters is 1. The average molecular weight is 298 g/mol. The van der Waals surface area contributed by atoms with Crippen molar-refractivity contribution in [2.24, 2.45) is 0 Å². The summed E-state index contributed by atoms with van der Waals surface area (Å²) in [6.07, 6.45) is 5.19. The number of nitrogens with one attached hydrogen (secondary N) is 1. The van der Waals surface area contributed by atoms with Crippen molar-refractivity contribution in [2.75, 3.05) is 27.9 Å². The minimum Gasteiger partial charge on any atom is -0.493 e. The predicted molar refractivity (Wildman–Crippen MR) is 76.1 cm³/mol. The molecule has 1 N–H and O–H groups in total. The summed E-state index contributed by atoms with van der Waals surface area (Å²) in [5.41, 5.74) is 0.506. The third-order valence-corrected chi connectivity index (χ3v) is 3.06. The van der Waals surface area contributed by atoms with Gasteiger partial charge in [0.1, 0.15) is 6.04 Å². The number of hydrogen-bond donors (Lipinski definition) is 1. The first-order chi connectivity index (χ1) is 9.60. The zero-order valence-electron chi connectivity index (χ0n) is 11.5. The van der Waals surface area contributed by atoms with E-state index in [1.165, 1.54) is 21.3 Å². The maximum absolute atomic E-state index is 11.8.